The second-order valence-electron chi connectivity index (χ2n) is 9.48. The van der Waals surface area contributed by atoms with Crippen LogP contribution in [-0.4, -0.2) is 35.0 Å². The van der Waals surface area contributed by atoms with Crippen molar-refractivity contribution in [3.05, 3.63) is 53.6 Å². The molecule has 0 fully saturated rings. The number of halogens is 2. The van der Waals surface area contributed by atoms with Crippen molar-refractivity contribution in [3.8, 4) is 0 Å². The summed E-state index contributed by atoms with van der Waals surface area (Å²) in [4.78, 5) is 25.6. The zero-order valence-corrected chi connectivity index (χ0v) is 21.3. The van der Waals surface area contributed by atoms with Crippen molar-refractivity contribution in [1.29, 1.82) is 0 Å². The van der Waals surface area contributed by atoms with Gasteiger partial charge in [-0.1, -0.05) is 102 Å². The van der Waals surface area contributed by atoms with Crippen molar-refractivity contribution in [1.82, 2.24) is 0 Å². The van der Waals surface area contributed by atoms with E-state index in [0.29, 0.717) is 12.8 Å². The number of ether oxygens (including phenoxy) is 1. The van der Waals surface area contributed by atoms with Gasteiger partial charge in [0.1, 0.15) is 0 Å². The smallest absolute Gasteiger partial charge is 0.336 e. The minimum Gasteiger partial charge on any atom is -0.478 e. The fraction of sp³-hybridized carbons (Fsp3) is 0.586. The number of unbranched alkanes of at least 4 members (excludes halogenated alkanes) is 7. The maximum atomic E-state index is 16.4. The Morgan fingerprint density at radius 2 is 1.54 bits per heavy atom. The SMILES string of the molecule is CCCCCCCC(C)C(=O)C1(OCCCCCC)C=CC(C(=O)O)=C(c2ccccc2)C1(F)F. The van der Waals surface area contributed by atoms with Crippen LogP contribution in [0.3, 0.4) is 0 Å². The minimum absolute atomic E-state index is 0.000631. The molecule has 1 aliphatic rings. The molecule has 0 bridgehead atoms. The Kier molecular flexibility index (Phi) is 11.3. The van der Waals surface area contributed by atoms with Crippen molar-refractivity contribution < 1.29 is 28.2 Å². The second-order valence-corrected chi connectivity index (χ2v) is 9.48. The van der Waals surface area contributed by atoms with Crippen LogP contribution in [0.2, 0.25) is 0 Å². The largest absolute Gasteiger partial charge is 0.478 e. The first-order chi connectivity index (χ1) is 16.7. The molecule has 1 aromatic carbocycles. The van der Waals surface area contributed by atoms with E-state index >= 15 is 8.78 Å². The van der Waals surface area contributed by atoms with Crippen LogP contribution in [0.1, 0.15) is 90.5 Å². The number of carboxylic acid groups (broad SMARTS) is 1. The van der Waals surface area contributed by atoms with E-state index in [0.717, 1.165) is 63.5 Å². The molecule has 4 nitrogen and oxygen atoms in total. The Bertz CT molecular complexity index is 891. The van der Waals surface area contributed by atoms with Crippen LogP contribution in [0.5, 0.6) is 0 Å². The predicted molar refractivity (Wildman–Crippen MR) is 135 cm³/mol. The molecule has 0 heterocycles. The summed E-state index contributed by atoms with van der Waals surface area (Å²) in [5, 5.41) is 9.71. The molecule has 2 atom stereocenters. The van der Waals surface area contributed by atoms with Gasteiger partial charge in [-0.25, -0.2) is 4.79 Å². The molecular formula is C29H40F2O4. The molecule has 35 heavy (non-hydrogen) atoms. The molecule has 0 spiro atoms. The quantitative estimate of drug-likeness (QED) is 0.242. The Hall–Kier alpha value is -2.34. The van der Waals surface area contributed by atoms with Crippen LogP contribution in [0, 0.1) is 5.92 Å². The summed E-state index contributed by atoms with van der Waals surface area (Å²) < 4.78 is 38.7. The molecule has 0 amide bonds. The molecular weight excluding hydrogens is 450 g/mol. The molecule has 2 rings (SSSR count). The normalized spacial score (nSPS) is 20.1. The highest BCUT2D eigenvalue weighted by molar-refractivity contribution is 6.06. The highest BCUT2D eigenvalue weighted by Gasteiger charge is 2.63. The number of rotatable bonds is 16. The zero-order valence-electron chi connectivity index (χ0n) is 21.3. The fourth-order valence-corrected chi connectivity index (χ4v) is 4.62. The summed E-state index contributed by atoms with van der Waals surface area (Å²) in [5.74, 6) is -6.66. The number of hydrogen-bond acceptors (Lipinski definition) is 3. The third kappa shape index (κ3) is 6.87. The van der Waals surface area contributed by atoms with Crippen LogP contribution < -0.4 is 0 Å². The molecule has 0 saturated heterocycles. The molecule has 6 heteroatoms. The predicted octanol–water partition coefficient (Wildman–Crippen LogP) is 7.63. The summed E-state index contributed by atoms with van der Waals surface area (Å²) in [6.45, 7) is 5.84. The average Bonchev–Trinajstić information content (AvgIpc) is 2.84. The summed E-state index contributed by atoms with van der Waals surface area (Å²) in [5.41, 5.74) is -3.67. The van der Waals surface area contributed by atoms with Crippen LogP contribution in [0.4, 0.5) is 8.78 Å². The number of carbonyl (C=O) groups is 2. The van der Waals surface area contributed by atoms with E-state index < -0.39 is 40.3 Å². The van der Waals surface area contributed by atoms with Crippen molar-refractivity contribution >= 4 is 17.3 Å². The highest BCUT2D eigenvalue weighted by atomic mass is 19.3. The molecule has 1 aliphatic carbocycles. The lowest BCUT2D eigenvalue weighted by Crippen LogP contribution is -2.59. The average molecular weight is 491 g/mol. The van der Waals surface area contributed by atoms with E-state index in [9.17, 15) is 14.7 Å². The molecule has 194 valence electrons. The van der Waals surface area contributed by atoms with Crippen LogP contribution in [0.15, 0.2) is 48.1 Å². The van der Waals surface area contributed by atoms with Crippen LogP contribution in [0.25, 0.3) is 5.57 Å². The fourth-order valence-electron chi connectivity index (χ4n) is 4.62. The topological polar surface area (TPSA) is 63.6 Å². The number of alkyl halides is 2. The van der Waals surface area contributed by atoms with Crippen molar-refractivity contribution in [2.45, 2.75) is 96.5 Å². The number of carboxylic acids is 1. The number of hydrogen-bond donors (Lipinski definition) is 1. The maximum absolute atomic E-state index is 16.4. The number of aliphatic carboxylic acids is 1. The van der Waals surface area contributed by atoms with Crippen molar-refractivity contribution in [3.63, 3.8) is 0 Å². The monoisotopic (exact) mass is 490 g/mol. The van der Waals surface area contributed by atoms with Gasteiger partial charge in [0.25, 0.3) is 0 Å². The van der Waals surface area contributed by atoms with Gasteiger partial charge in [0.15, 0.2) is 5.78 Å². The molecule has 0 radical (unpaired) electrons. The first kappa shape index (κ1) is 28.9. The molecule has 0 saturated carbocycles. The van der Waals surface area contributed by atoms with Gasteiger partial charge in [-0.2, -0.15) is 8.78 Å². The Morgan fingerprint density at radius 1 is 0.943 bits per heavy atom. The molecule has 1 N–H and O–H groups in total. The van der Waals surface area contributed by atoms with E-state index in [4.69, 9.17) is 4.74 Å². The van der Waals surface area contributed by atoms with E-state index in [-0.39, 0.29) is 12.2 Å². The molecule has 0 aromatic heterocycles. The van der Waals surface area contributed by atoms with E-state index in [1.807, 2.05) is 0 Å². The Balaban J connectivity index is 2.44. The van der Waals surface area contributed by atoms with Gasteiger partial charge < -0.3 is 9.84 Å². The lowest BCUT2D eigenvalue weighted by atomic mass is 9.73. The molecule has 0 aliphatic heterocycles. The van der Waals surface area contributed by atoms with Gasteiger partial charge in [0.05, 0.1) is 5.57 Å². The first-order valence-corrected chi connectivity index (χ1v) is 13.0. The standard InChI is InChI=1S/C29H40F2O4/c1-4-6-8-10-12-16-22(3)26(32)28(35-21-15-9-7-5-2)20-19-24(27(33)34)25(29(28,30)31)23-17-13-11-14-18-23/h11,13-14,17-20,22H,4-10,12,15-16,21H2,1-3H3,(H,33,34). The summed E-state index contributed by atoms with van der Waals surface area (Å²) >= 11 is 0. The van der Waals surface area contributed by atoms with Gasteiger partial charge >= 0.3 is 11.9 Å². The highest BCUT2D eigenvalue weighted by Crippen LogP contribution is 2.50. The maximum Gasteiger partial charge on any atom is 0.336 e. The summed E-state index contributed by atoms with van der Waals surface area (Å²) in [7, 11) is 0. The molecule has 1 aromatic rings. The summed E-state index contributed by atoms with van der Waals surface area (Å²) in [6, 6.07) is 7.71. The number of benzene rings is 1. The van der Waals surface area contributed by atoms with Gasteiger partial charge in [-0.05, 0) is 30.6 Å². The number of Topliss-reactive ketones (excluding diaryl/α,β-unsaturated/α-hetero) is 1. The van der Waals surface area contributed by atoms with Crippen molar-refractivity contribution in [2.75, 3.05) is 6.61 Å². The second kappa shape index (κ2) is 13.7. The molecule has 2 unspecified atom stereocenters. The number of carbonyl (C=O) groups excluding carboxylic acids is 1. The summed E-state index contributed by atoms with van der Waals surface area (Å²) in [6.07, 6.45) is 10.9. The van der Waals surface area contributed by atoms with Gasteiger partial charge in [-0.15, -0.1) is 0 Å². The third-order valence-electron chi connectivity index (χ3n) is 6.71. The van der Waals surface area contributed by atoms with Crippen LogP contribution >= 0.6 is 0 Å². The minimum atomic E-state index is -3.85. The number of ketones is 1. The van der Waals surface area contributed by atoms with E-state index in [2.05, 4.69) is 13.8 Å². The first-order valence-electron chi connectivity index (χ1n) is 13.0. The van der Waals surface area contributed by atoms with Gasteiger partial charge in [0, 0.05) is 18.1 Å². The van der Waals surface area contributed by atoms with Crippen molar-refractivity contribution in [2.24, 2.45) is 5.92 Å². The third-order valence-corrected chi connectivity index (χ3v) is 6.71. The lowest BCUT2D eigenvalue weighted by molar-refractivity contribution is -0.177. The zero-order chi connectivity index (χ0) is 25.9. The lowest BCUT2D eigenvalue weighted by Gasteiger charge is -2.42. The Morgan fingerprint density at radius 3 is 2.14 bits per heavy atom. The van der Waals surface area contributed by atoms with Gasteiger partial charge in [0.2, 0.25) is 5.60 Å². The van der Waals surface area contributed by atoms with Crippen LogP contribution in [-0.2, 0) is 14.3 Å². The van der Waals surface area contributed by atoms with E-state index in [1.165, 1.54) is 12.1 Å². The Labute approximate surface area is 208 Å². The van der Waals surface area contributed by atoms with E-state index in [1.54, 1.807) is 25.1 Å². The van der Waals surface area contributed by atoms with Gasteiger partial charge in [-0.3, -0.25) is 4.79 Å².